The highest BCUT2D eigenvalue weighted by Gasteiger charge is 2.07. The summed E-state index contributed by atoms with van der Waals surface area (Å²) in [4.78, 5) is 0. The molecule has 0 aliphatic carbocycles. The Hall–Kier alpha value is 1.14. The van der Waals surface area contributed by atoms with Gasteiger partial charge < -0.3 is 5.11 Å². The van der Waals surface area contributed by atoms with Gasteiger partial charge in [-0.15, -0.1) is 0 Å². The van der Waals surface area contributed by atoms with E-state index in [0.29, 0.717) is 6.42 Å². The Morgan fingerprint density at radius 2 is 2.00 bits per heavy atom. The summed E-state index contributed by atoms with van der Waals surface area (Å²) in [5.41, 5.74) is 0. The monoisotopic (exact) mass is 216 g/mol. The van der Waals surface area contributed by atoms with Gasteiger partial charge in [-0.25, -0.2) is 0 Å². The van der Waals surface area contributed by atoms with E-state index in [2.05, 4.69) is 41.2 Å². The van der Waals surface area contributed by atoms with Gasteiger partial charge in [0.25, 0.3) is 0 Å². The fourth-order valence-electron chi connectivity index (χ4n) is 0.270. The number of thiol groups is 2. The first-order chi connectivity index (χ1) is 3.68. The van der Waals surface area contributed by atoms with Crippen molar-refractivity contribution in [2.24, 2.45) is 0 Å². The van der Waals surface area contributed by atoms with Crippen LogP contribution in [0.2, 0.25) is 0 Å². The number of aliphatic hydroxyl groups is 1. The molecule has 0 heterocycles. The number of rotatable bonds is 3. The van der Waals surface area contributed by atoms with Crippen molar-refractivity contribution in [1.82, 2.24) is 0 Å². The molecule has 50 valence electrons. The second-order valence-corrected chi connectivity index (χ2v) is 4.37. The highest BCUT2D eigenvalue weighted by Crippen LogP contribution is 2.17. The van der Waals surface area contributed by atoms with E-state index in [4.69, 9.17) is 5.11 Å². The summed E-state index contributed by atoms with van der Waals surface area (Å²) in [6.07, 6.45) is 0.683. The van der Waals surface area contributed by atoms with Crippen LogP contribution in [0.25, 0.3) is 0 Å². The number of hydrogen-bond donors (Lipinski definition) is 3. The molecule has 2 atom stereocenters. The molecule has 1 nitrogen and oxygen atoms in total. The number of alkyl halides is 1. The molecule has 0 spiro atoms. The normalized spacial score (nSPS) is 18.0. The molecule has 0 saturated carbocycles. The van der Waals surface area contributed by atoms with Crippen LogP contribution in [-0.4, -0.2) is 21.1 Å². The van der Waals surface area contributed by atoms with Gasteiger partial charge in [-0.3, -0.25) is 0 Å². The van der Waals surface area contributed by atoms with E-state index >= 15 is 0 Å². The molecule has 2 unspecified atom stereocenters. The molecule has 8 heavy (non-hydrogen) atoms. The van der Waals surface area contributed by atoms with Crippen LogP contribution in [0, 0.1) is 0 Å². The van der Waals surface area contributed by atoms with Gasteiger partial charge >= 0.3 is 0 Å². The summed E-state index contributed by atoms with van der Waals surface area (Å²) in [6, 6.07) is 0. The average molecular weight is 217 g/mol. The minimum atomic E-state index is 0.0815. The maximum absolute atomic E-state index is 8.38. The molecule has 0 rings (SSSR count). The fourth-order valence-corrected chi connectivity index (χ4v) is 0.799. The van der Waals surface area contributed by atoms with Gasteiger partial charge in [0.05, 0.1) is 4.16 Å². The quantitative estimate of drug-likeness (QED) is 0.481. The third kappa shape index (κ3) is 4.06. The Balaban J connectivity index is 3.17. The van der Waals surface area contributed by atoms with Crippen molar-refractivity contribution in [1.29, 1.82) is 0 Å². The van der Waals surface area contributed by atoms with Crippen LogP contribution >= 0.6 is 41.2 Å². The number of hydrogen-bond acceptors (Lipinski definition) is 3. The highest BCUT2D eigenvalue weighted by atomic mass is 79.9. The van der Waals surface area contributed by atoms with E-state index in [9.17, 15) is 0 Å². The molecule has 1 N–H and O–H groups in total. The Morgan fingerprint density at radius 3 is 2.12 bits per heavy atom. The Bertz CT molecular complexity index is 60.0. The smallest absolute Gasteiger partial charge is 0.0686 e. The van der Waals surface area contributed by atoms with Crippen LogP contribution < -0.4 is 0 Å². The van der Waals surface area contributed by atoms with Gasteiger partial charge in [0.2, 0.25) is 0 Å². The SMILES string of the molecule is OCCC(S)C(S)Br. The first kappa shape index (κ1) is 9.14. The summed E-state index contributed by atoms with van der Waals surface area (Å²) in [5, 5.41) is 8.52. The lowest BCUT2D eigenvalue weighted by Crippen LogP contribution is -2.09. The van der Waals surface area contributed by atoms with Crippen molar-refractivity contribution in [3.8, 4) is 0 Å². The van der Waals surface area contributed by atoms with Crippen molar-refractivity contribution < 1.29 is 5.11 Å². The van der Waals surface area contributed by atoms with E-state index in [0.717, 1.165) is 0 Å². The van der Waals surface area contributed by atoms with Crippen LogP contribution in [0.1, 0.15) is 6.42 Å². The van der Waals surface area contributed by atoms with E-state index < -0.39 is 0 Å². The third-order valence-corrected chi connectivity index (χ3v) is 2.94. The van der Waals surface area contributed by atoms with Crippen molar-refractivity contribution in [3.63, 3.8) is 0 Å². The summed E-state index contributed by atoms with van der Waals surface area (Å²) in [7, 11) is 0. The molecule has 0 aliphatic heterocycles. The summed E-state index contributed by atoms with van der Waals surface area (Å²) < 4.78 is 0.0815. The lowest BCUT2D eigenvalue weighted by molar-refractivity contribution is 0.289. The lowest BCUT2D eigenvalue weighted by Gasteiger charge is -2.08. The highest BCUT2D eigenvalue weighted by molar-refractivity contribution is 9.11. The Labute approximate surface area is 68.8 Å². The zero-order valence-electron chi connectivity index (χ0n) is 4.29. The predicted octanol–water partition coefficient (Wildman–Crippen LogP) is 1.32. The minimum absolute atomic E-state index is 0.0815. The van der Waals surface area contributed by atoms with Crippen LogP contribution in [-0.2, 0) is 0 Å². The second-order valence-electron chi connectivity index (χ2n) is 1.45. The van der Waals surface area contributed by atoms with Gasteiger partial charge in [0.1, 0.15) is 0 Å². The summed E-state index contributed by atoms with van der Waals surface area (Å²) >= 11 is 11.4. The van der Waals surface area contributed by atoms with Crippen molar-refractivity contribution in [2.75, 3.05) is 6.61 Å². The molecular formula is C4H9BrOS2. The van der Waals surface area contributed by atoms with Crippen LogP contribution in [0.4, 0.5) is 0 Å². The molecule has 0 fully saturated rings. The summed E-state index contributed by atoms with van der Waals surface area (Å²) in [5.74, 6) is 0. The van der Waals surface area contributed by atoms with Crippen LogP contribution in [0.15, 0.2) is 0 Å². The first-order valence-electron chi connectivity index (χ1n) is 2.29. The average Bonchev–Trinajstić information content (AvgIpc) is 1.67. The van der Waals surface area contributed by atoms with E-state index in [1.165, 1.54) is 0 Å². The molecule has 0 aromatic carbocycles. The van der Waals surface area contributed by atoms with Gasteiger partial charge in [-0.1, -0.05) is 15.9 Å². The van der Waals surface area contributed by atoms with Crippen molar-refractivity contribution in [3.05, 3.63) is 0 Å². The van der Waals surface area contributed by atoms with E-state index in [1.807, 2.05) is 0 Å². The zero-order valence-corrected chi connectivity index (χ0v) is 7.66. The Kier molecular flexibility index (Phi) is 5.68. The first-order valence-corrected chi connectivity index (χ1v) is 4.24. The number of aliphatic hydroxyl groups excluding tert-OH is 1. The number of halogens is 1. The topological polar surface area (TPSA) is 20.2 Å². The molecular weight excluding hydrogens is 208 g/mol. The van der Waals surface area contributed by atoms with Gasteiger partial charge in [-0.05, 0) is 6.42 Å². The third-order valence-electron chi connectivity index (χ3n) is 0.742. The maximum Gasteiger partial charge on any atom is 0.0686 e. The predicted molar refractivity (Wildman–Crippen MR) is 46.2 cm³/mol. The molecule has 0 saturated heterocycles. The summed E-state index contributed by atoms with van der Waals surface area (Å²) in [6.45, 7) is 0.177. The van der Waals surface area contributed by atoms with Crippen LogP contribution in [0.5, 0.6) is 0 Å². The van der Waals surface area contributed by atoms with Gasteiger partial charge in [0, 0.05) is 11.9 Å². The van der Waals surface area contributed by atoms with Gasteiger partial charge in [0.15, 0.2) is 0 Å². The molecule has 0 aliphatic rings. The maximum atomic E-state index is 8.38. The second kappa shape index (κ2) is 4.97. The zero-order chi connectivity index (χ0) is 6.57. The fraction of sp³-hybridized carbons (Fsp3) is 1.00. The van der Waals surface area contributed by atoms with Crippen molar-refractivity contribution in [2.45, 2.75) is 15.8 Å². The molecule has 0 amide bonds. The molecule has 0 radical (unpaired) electrons. The standard InChI is InChI=1S/C4H9BrOS2/c5-4(8)3(7)1-2-6/h3-4,6-8H,1-2H2. The largest absolute Gasteiger partial charge is 0.396 e. The van der Waals surface area contributed by atoms with Crippen molar-refractivity contribution >= 4 is 41.2 Å². The van der Waals surface area contributed by atoms with E-state index in [1.54, 1.807) is 0 Å². The van der Waals surface area contributed by atoms with E-state index in [-0.39, 0.29) is 16.0 Å². The minimum Gasteiger partial charge on any atom is -0.396 e. The Morgan fingerprint density at radius 1 is 1.50 bits per heavy atom. The van der Waals surface area contributed by atoms with Gasteiger partial charge in [-0.2, -0.15) is 25.3 Å². The molecule has 0 aromatic rings. The molecule has 0 bridgehead atoms. The lowest BCUT2D eigenvalue weighted by atomic mass is 10.3. The van der Waals surface area contributed by atoms with Crippen LogP contribution in [0.3, 0.4) is 0 Å². The molecule has 0 aromatic heterocycles. The molecule has 4 heteroatoms.